The molecule has 0 bridgehead atoms. The summed E-state index contributed by atoms with van der Waals surface area (Å²) < 4.78 is 4.42. The van der Waals surface area contributed by atoms with Gasteiger partial charge in [0.1, 0.15) is 0 Å². The van der Waals surface area contributed by atoms with Crippen molar-refractivity contribution in [1.29, 1.82) is 5.41 Å². The van der Waals surface area contributed by atoms with Crippen molar-refractivity contribution in [1.82, 2.24) is 9.13 Å². The zero-order valence-electron chi connectivity index (χ0n) is 19.5. The first-order valence-corrected chi connectivity index (χ1v) is 12.4. The Hall–Kier alpha value is -2.72. The summed E-state index contributed by atoms with van der Waals surface area (Å²) >= 11 is 1.98. The molecule has 4 rings (SSSR count). The van der Waals surface area contributed by atoms with E-state index in [-0.39, 0.29) is 6.04 Å². The molecule has 166 valence electrons. The molecule has 3 aromatic carbocycles. The number of rotatable bonds is 8. The van der Waals surface area contributed by atoms with Crippen LogP contribution in [0.15, 0.2) is 72.8 Å². The Balaban J connectivity index is 1.78. The number of thioether (sulfide) groups is 1. The predicted octanol–water partition coefficient (Wildman–Crippen LogP) is 6.51. The van der Waals surface area contributed by atoms with Gasteiger partial charge in [-0.1, -0.05) is 85.6 Å². The van der Waals surface area contributed by atoms with E-state index in [4.69, 9.17) is 0 Å². The number of imidazole rings is 1. The lowest BCUT2D eigenvalue weighted by molar-refractivity contribution is 0.521. The normalized spacial score (nSPS) is 12.5. The first kappa shape index (κ1) is 22.5. The van der Waals surface area contributed by atoms with Gasteiger partial charge < -0.3 is 9.13 Å². The van der Waals surface area contributed by atoms with Crippen LogP contribution in [0, 0.1) is 19.3 Å². The average Bonchev–Trinajstić information content (AvgIpc) is 3.05. The number of benzene rings is 3. The number of nitrogens with zero attached hydrogens (tertiary/aromatic N) is 2. The van der Waals surface area contributed by atoms with Gasteiger partial charge in [-0.15, -0.1) is 0 Å². The van der Waals surface area contributed by atoms with E-state index < -0.39 is 0 Å². The van der Waals surface area contributed by atoms with Crippen molar-refractivity contribution in [3.63, 3.8) is 0 Å². The van der Waals surface area contributed by atoms with E-state index in [0.717, 1.165) is 23.2 Å². The molecule has 1 N–H and O–H groups in total. The highest BCUT2D eigenvalue weighted by atomic mass is 32.2. The van der Waals surface area contributed by atoms with Gasteiger partial charge in [0, 0.05) is 5.75 Å². The van der Waals surface area contributed by atoms with Gasteiger partial charge in [0.05, 0.1) is 23.6 Å². The van der Waals surface area contributed by atoms with E-state index in [1.807, 2.05) is 11.8 Å². The molecular weight excluding hydrogens is 410 g/mol. The molecule has 0 spiro atoms. The Morgan fingerprint density at radius 1 is 0.781 bits per heavy atom. The minimum atomic E-state index is 0.224. The Morgan fingerprint density at radius 2 is 1.34 bits per heavy atom. The van der Waals surface area contributed by atoms with Crippen molar-refractivity contribution in [2.45, 2.75) is 52.0 Å². The molecule has 32 heavy (non-hydrogen) atoms. The van der Waals surface area contributed by atoms with Gasteiger partial charge in [-0.2, -0.15) is 11.8 Å². The van der Waals surface area contributed by atoms with E-state index in [1.54, 1.807) is 0 Å². The summed E-state index contributed by atoms with van der Waals surface area (Å²) in [5.41, 5.74) is 7.94. The molecule has 0 aliphatic rings. The Morgan fingerprint density at radius 3 is 1.94 bits per heavy atom. The molecular formula is C28H33N3S. The molecule has 0 aliphatic carbocycles. The van der Waals surface area contributed by atoms with Crippen LogP contribution in [0.2, 0.25) is 0 Å². The lowest BCUT2D eigenvalue weighted by Gasteiger charge is -2.21. The van der Waals surface area contributed by atoms with E-state index in [9.17, 15) is 5.41 Å². The van der Waals surface area contributed by atoms with Crippen LogP contribution in [-0.2, 0) is 13.0 Å². The fraction of sp³-hybridized carbons (Fsp3) is 0.321. The molecule has 1 heterocycles. The van der Waals surface area contributed by atoms with Crippen LogP contribution in [0.25, 0.3) is 11.0 Å². The highest BCUT2D eigenvalue weighted by Crippen LogP contribution is 2.26. The fourth-order valence-electron chi connectivity index (χ4n) is 4.18. The third kappa shape index (κ3) is 5.02. The lowest BCUT2D eigenvalue weighted by atomic mass is 10.1. The minimum absolute atomic E-state index is 0.224. The summed E-state index contributed by atoms with van der Waals surface area (Å²) in [6, 6.07) is 26.2. The third-order valence-electron chi connectivity index (χ3n) is 5.96. The summed E-state index contributed by atoms with van der Waals surface area (Å²) in [5.74, 6) is 0.987. The number of fused-ring (bicyclic) bond motifs is 1. The topological polar surface area (TPSA) is 33.7 Å². The number of hydrogen-bond acceptors (Lipinski definition) is 2. The lowest BCUT2D eigenvalue weighted by Crippen LogP contribution is -2.30. The highest BCUT2D eigenvalue weighted by molar-refractivity contribution is 7.99. The van der Waals surface area contributed by atoms with Crippen molar-refractivity contribution in [3.05, 3.63) is 101 Å². The second kappa shape index (κ2) is 9.83. The van der Waals surface area contributed by atoms with Crippen molar-refractivity contribution < 1.29 is 0 Å². The molecule has 3 nitrogen and oxygen atoms in total. The molecule has 4 heteroatoms. The maximum atomic E-state index is 9.20. The summed E-state index contributed by atoms with van der Waals surface area (Å²) in [6.07, 6.45) is 0.926. The standard InChI is InChI=1S/C28H33N3S/c1-20(2)32-19-25(17-23-13-9-21(3)10-14-23)31-27-8-6-5-7-26(27)30(28(31)29)18-24-15-11-22(4)12-16-24/h5-16,20,25,29H,17-19H2,1-4H3/t25-/m0/s1. The number of nitrogens with one attached hydrogen (secondary N) is 1. The van der Waals surface area contributed by atoms with Gasteiger partial charge in [-0.25, -0.2) is 0 Å². The second-order valence-electron chi connectivity index (χ2n) is 8.98. The van der Waals surface area contributed by atoms with Crippen LogP contribution in [-0.4, -0.2) is 20.1 Å². The summed E-state index contributed by atoms with van der Waals surface area (Å²) in [7, 11) is 0. The number of para-hydroxylation sites is 2. The van der Waals surface area contributed by atoms with Crippen molar-refractivity contribution in [3.8, 4) is 0 Å². The zero-order valence-corrected chi connectivity index (χ0v) is 20.3. The second-order valence-corrected chi connectivity index (χ2v) is 10.6. The van der Waals surface area contributed by atoms with Gasteiger partial charge in [0.25, 0.3) is 0 Å². The molecule has 0 saturated carbocycles. The number of aryl methyl sites for hydroxylation is 2. The summed E-state index contributed by atoms with van der Waals surface area (Å²) in [4.78, 5) is 0. The molecule has 0 radical (unpaired) electrons. The molecule has 4 aromatic rings. The number of hydrogen-bond donors (Lipinski definition) is 1. The maximum absolute atomic E-state index is 9.20. The smallest absolute Gasteiger partial charge is 0.203 e. The van der Waals surface area contributed by atoms with Crippen LogP contribution in [0.5, 0.6) is 0 Å². The molecule has 0 aliphatic heterocycles. The molecule has 0 unspecified atom stereocenters. The van der Waals surface area contributed by atoms with E-state index in [0.29, 0.717) is 17.4 Å². The molecule has 0 amide bonds. The van der Waals surface area contributed by atoms with Crippen LogP contribution in [0.3, 0.4) is 0 Å². The van der Waals surface area contributed by atoms with Crippen LogP contribution >= 0.6 is 11.8 Å². The third-order valence-corrected chi connectivity index (χ3v) is 7.20. The largest absolute Gasteiger partial charge is 0.306 e. The van der Waals surface area contributed by atoms with Gasteiger partial charge in [-0.05, 0) is 48.8 Å². The summed E-state index contributed by atoms with van der Waals surface area (Å²) in [6.45, 7) is 9.45. The molecule has 1 aromatic heterocycles. The van der Waals surface area contributed by atoms with E-state index in [2.05, 4.69) is 110 Å². The first-order chi connectivity index (χ1) is 15.4. The zero-order chi connectivity index (χ0) is 22.7. The van der Waals surface area contributed by atoms with Crippen LogP contribution in [0.1, 0.15) is 42.1 Å². The molecule has 0 saturated heterocycles. The highest BCUT2D eigenvalue weighted by Gasteiger charge is 2.20. The molecule has 1 atom stereocenters. The van der Waals surface area contributed by atoms with Gasteiger partial charge in [0.2, 0.25) is 5.62 Å². The minimum Gasteiger partial charge on any atom is -0.306 e. The van der Waals surface area contributed by atoms with Crippen molar-refractivity contribution in [2.24, 2.45) is 0 Å². The first-order valence-electron chi connectivity index (χ1n) is 11.4. The predicted molar refractivity (Wildman–Crippen MR) is 138 cm³/mol. The monoisotopic (exact) mass is 443 g/mol. The number of aromatic nitrogens is 2. The SMILES string of the molecule is Cc1ccc(C[C@@H](CSC(C)C)n2c(=N)n(Cc3ccc(C)cc3)c3ccccc32)cc1. The molecule has 0 fully saturated rings. The maximum Gasteiger partial charge on any atom is 0.203 e. The van der Waals surface area contributed by atoms with Crippen molar-refractivity contribution >= 4 is 22.8 Å². The van der Waals surface area contributed by atoms with Gasteiger partial charge in [0.15, 0.2) is 0 Å². The van der Waals surface area contributed by atoms with Gasteiger partial charge in [-0.3, -0.25) is 5.41 Å². The van der Waals surface area contributed by atoms with Gasteiger partial charge >= 0.3 is 0 Å². The fourth-order valence-corrected chi connectivity index (χ4v) is 5.06. The Bertz CT molecular complexity index is 1230. The Labute approximate surface area is 195 Å². The quantitative estimate of drug-likeness (QED) is 0.331. The average molecular weight is 444 g/mol. The van der Waals surface area contributed by atoms with E-state index in [1.165, 1.54) is 22.3 Å². The Kier molecular flexibility index (Phi) is 6.90. The van der Waals surface area contributed by atoms with Crippen molar-refractivity contribution in [2.75, 3.05) is 5.75 Å². The summed E-state index contributed by atoms with van der Waals surface area (Å²) in [5, 5.41) is 9.76. The van der Waals surface area contributed by atoms with E-state index >= 15 is 0 Å². The van der Waals surface area contributed by atoms with Crippen LogP contribution in [0.4, 0.5) is 0 Å². The van der Waals surface area contributed by atoms with Crippen LogP contribution < -0.4 is 5.62 Å².